The Balaban J connectivity index is 2.21. The predicted octanol–water partition coefficient (Wildman–Crippen LogP) is 3.67. The molecule has 5 heteroatoms. The van der Waals surface area contributed by atoms with Gasteiger partial charge in [-0.15, -0.1) is 0 Å². The number of ether oxygens (including phenoxy) is 1. The number of nitrogens with one attached hydrogen (secondary N) is 1. The van der Waals surface area contributed by atoms with Crippen molar-refractivity contribution in [1.29, 1.82) is 0 Å². The minimum Gasteiger partial charge on any atom is -0.465 e. The summed E-state index contributed by atoms with van der Waals surface area (Å²) in [7, 11) is 1.31. The Bertz CT molecular complexity index is 671. The summed E-state index contributed by atoms with van der Waals surface area (Å²) in [5.74, 6) is -2.19. The van der Waals surface area contributed by atoms with Gasteiger partial charge in [-0.1, -0.05) is 18.2 Å². The molecule has 0 saturated carbocycles. The summed E-state index contributed by atoms with van der Waals surface area (Å²) in [4.78, 5) is 11.6. The van der Waals surface area contributed by atoms with Gasteiger partial charge >= 0.3 is 5.97 Å². The maximum atomic E-state index is 13.6. The summed E-state index contributed by atoms with van der Waals surface area (Å²) in [6.07, 6.45) is 0. The zero-order valence-electron chi connectivity index (χ0n) is 11.7. The molecule has 0 aliphatic carbocycles. The molecule has 0 fully saturated rings. The molecule has 0 aromatic heterocycles. The van der Waals surface area contributed by atoms with E-state index in [2.05, 4.69) is 5.32 Å². The number of hydrogen-bond donors (Lipinski definition) is 1. The average Bonchev–Trinajstić information content (AvgIpc) is 2.49. The van der Waals surface area contributed by atoms with Crippen LogP contribution in [0.2, 0.25) is 0 Å². The Morgan fingerprint density at radius 3 is 2.62 bits per heavy atom. The number of halogens is 2. The highest BCUT2D eigenvalue weighted by molar-refractivity contribution is 5.92. The Kier molecular flexibility index (Phi) is 4.52. The Hall–Kier alpha value is -2.43. The second-order valence-corrected chi connectivity index (χ2v) is 4.54. The molecule has 110 valence electrons. The quantitative estimate of drug-likeness (QED) is 0.873. The molecule has 0 saturated heterocycles. The van der Waals surface area contributed by atoms with Gasteiger partial charge in [0.15, 0.2) is 11.6 Å². The lowest BCUT2D eigenvalue weighted by atomic mass is 10.1. The molecule has 0 radical (unpaired) electrons. The second kappa shape index (κ2) is 6.35. The van der Waals surface area contributed by atoms with Gasteiger partial charge in [-0.05, 0) is 30.7 Å². The fourth-order valence-electron chi connectivity index (χ4n) is 2.03. The van der Waals surface area contributed by atoms with Crippen molar-refractivity contribution in [2.45, 2.75) is 13.5 Å². The molecule has 0 atom stereocenters. The highest BCUT2D eigenvalue weighted by Crippen LogP contribution is 2.21. The minimum atomic E-state index is -0.880. The maximum absolute atomic E-state index is 13.6. The van der Waals surface area contributed by atoms with Crippen LogP contribution in [0.15, 0.2) is 36.4 Å². The molecule has 3 nitrogen and oxygen atoms in total. The molecule has 0 spiro atoms. The zero-order valence-corrected chi connectivity index (χ0v) is 11.7. The molecular weight excluding hydrogens is 276 g/mol. The van der Waals surface area contributed by atoms with E-state index in [4.69, 9.17) is 4.74 Å². The molecule has 0 unspecified atom stereocenters. The van der Waals surface area contributed by atoms with Gasteiger partial charge in [-0.3, -0.25) is 0 Å². The number of anilines is 1. The average molecular weight is 291 g/mol. The third-order valence-corrected chi connectivity index (χ3v) is 3.24. The van der Waals surface area contributed by atoms with Crippen molar-refractivity contribution in [1.82, 2.24) is 0 Å². The second-order valence-electron chi connectivity index (χ2n) is 4.54. The number of methoxy groups -OCH3 is 1. The fraction of sp³-hybridized carbons (Fsp3) is 0.188. The van der Waals surface area contributed by atoms with Crippen LogP contribution in [-0.2, 0) is 11.3 Å². The molecule has 0 aliphatic rings. The smallest absolute Gasteiger partial charge is 0.338 e. The van der Waals surface area contributed by atoms with Gasteiger partial charge < -0.3 is 10.1 Å². The molecule has 0 amide bonds. The van der Waals surface area contributed by atoms with Crippen LogP contribution in [0.1, 0.15) is 21.5 Å². The van der Waals surface area contributed by atoms with Crippen molar-refractivity contribution in [3.05, 3.63) is 64.7 Å². The normalized spacial score (nSPS) is 10.3. The lowest BCUT2D eigenvalue weighted by molar-refractivity contribution is 0.0600. The molecule has 0 aliphatic heterocycles. The third kappa shape index (κ3) is 3.18. The number of benzene rings is 2. The Morgan fingerprint density at radius 1 is 1.19 bits per heavy atom. The first-order chi connectivity index (χ1) is 10.0. The molecule has 1 N–H and O–H groups in total. The maximum Gasteiger partial charge on any atom is 0.338 e. The van der Waals surface area contributed by atoms with Crippen molar-refractivity contribution < 1.29 is 18.3 Å². The number of esters is 1. The van der Waals surface area contributed by atoms with Crippen LogP contribution in [-0.4, -0.2) is 13.1 Å². The minimum absolute atomic E-state index is 0.120. The SMILES string of the molecule is COC(=O)c1cccc(NCc2cccc(F)c2F)c1C. The summed E-state index contributed by atoms with van der Waals surface area (Å²) in [6.45, 7) is 1.88. The third-order valence-electron chi connectivity index (χ3n) is 3.24. The van der Waals surface area contributed by atoms with Crippen LogP contribution >= 0.6 is 0 Å². The van der Waals surface area contributed by atoms with E-state index in [0.29, 0.717) is 16.8 Å². The van der Waals surface area contributed by atoms with Gasteiger partial charge in [0.05, 0.1) is 12.7 Å². The van der Waals surface area contributed by atoms with Gasteiger partial charge in [0, 0.05) is 17.8 Å². The molecule has 21 heavy (non-hydrogen) atoms. The summed E-state index contributed by atoms with van der Waals surface area (Å²) in [5.41, 5.74) is 2.02. The van der Waals surface area contributed by atoms with Gasteiger partial charge in [-0.2, -0.15) is 0 Å². The van der Waals surface area contributed by atoms with E-state index in [-0.39, 0.29) is 12.1 Å². The summed E-state index contributed by atoms with van der Waals surface area (Å²) in [6, 6.07) is 9.14. The first kappa shape index (κ1) is 15.0. The van der Waals surface area contributed by atoms with Crippen LogP contribution in [0.5, 0.6) is 0 Å². The Morgan fingerprint density at radius 2 is 1.90 bits per heavy atom. The summed E-state index contributed by atoms with van der Waals surface area (Å²) in [5, 5.41) is 3.00. The van der Waals surface area contributed by atoms with E-state index < -0.39 is 17.6 Å². The van der Waals surface area contributed by atoms with E-state index in [0.717, 1.165) is 6.07 Å². The highest BCUT2D eigenvalue weighted by atomic mass is 19.2. The van der Waals surface area contributed by atoms with E-state index in [1.54, 1.807) is 25.1 Å². The van der Waals surface area contributed by atoms with Crippen LogP contribution in [0, 0.1) is 18.6 Å². The van der Waals surface area contributed by atoms with Gasteiger partial charge in [-0.25, -0.2) is 13.6 Å². The lowest BCUT2D eigenvalue weighted by Crippen LogP contribution is -2.08. The molecule has 2 aromatic carbocycles. The van der Waals surface area contributed by atoms with Crippen LogP contribution in [0.3, 0.4) is 0 Å². The van der Waals surface area contributed by atoms with Gasteiger partial charge in [0.2, 0.25) is 0 Å². The van der Waals surface area contributed by atoms with Crippen molar-refractivity contribution in [3.8, 4) is 0 Å². The van der Waals surface area contributed by atoms with Gasteiger partial charge in [0.1, 0.15) is 0 Å². The number of rotatable bonds is 4. The summed E-state index contributed by atoms with van der Waals surface area (Å²) >= 11 is 0. The molecule has 0 bridgehead atoms. The molecule has 2 aromatic rings. The van der Waals surface area contributed by atoms with Crippen molar-refractivity contribution in [2.24, 2.45) is 0 Å². The number of carbonyl (C=O) groups excluding carboxylic acids is 1. The summed E-state index contributed by atoms with van der Waals surface area (Å²) < 4.78 is 31.4. The van der Waals surface area contributed by atoms with Crippen molar-refractivity contribution >= 4 is 11.7 Å². The van der Waals surface area contributed by atoms with Crippen molar-refractivity contribution in [2.75, 3.05) is 12.4 Å². The van der Waals surface area contributed by atoms with Gasteiger partial charge in [0.25, 0.3) is 0 Å². The van der Waals surface area contributed by atoms with E-state index in [9.17, 15) is 13.6 Å². The largest absolute Gasteiger partial charge is 0.465 e. The monoisotopic (exact) mass is 291 g/mol. The first-order valence-corrected chi connectivity index (χ1v) is 6.39. The predicted molar refractivity (Wildman–Crippen MR) is 76.2 cm³/mol. The standard InChI is InChI=1S/C16H15F2NO2/c1-10-12(16(20)21-2)6-4-8-14(10)19-9-11-5-3-7-13(17)15(11)18/h3-8,19H,9H2,1-2H3. The number of carbonyl (C=O) groups is 1. The first-order valence-electron chi connectivity index (χ1n) is 6.39. The fourth-order valence-corrected chi connectivity index (χ4v) is 2.03. The zero-order chi connectivity index (χ0) is 15.4. The van der Waals surface area contributed by atoms with Crippen LogP contribution in [0.25, 0.3) is 0 Å². The van der Waals surface area contributed by atoms with Crippen molar-refractivity contribution in [3.63, 3.8) is 0 Å². The Labute approximate surface area is 121 Å². The van der Waals surface area contributed by atoms with E-state index in [1.807, 2.05) is 0 Å². The number of hydrogen-bond acceptors (Lipinski definition) is 3. The van der Waals surface area contributed by atoms with Crippen LogP contribution in [0.4, 0.5) is 14.5 Å². The topological polar surface area (TPSA) is 38.3 Å². The highest BCUT2D eigenvalue weighted by Gasteiger charge is 2.12. The molecule has 2 rings (SSSR count). The molecular formula is C16H15F2NO2. The lowest BCUT2D eigenvalue weighted by Gasteiger charge is -2.13. The van der Waals surface area contributed by atoms with E-state index in [1.165, 1.54) is 19.2 Å². The molecule has 0 heterocycles. The van der Waals surface area contributed by atoms with E-state index >= 15 is 0 Å². The van der Waals surface area contributed by atoms with Crippen LogP contribution < -0.4 is 5.32 Å².